The predicted octanol–water partition coefficient (Wildman–Crippen LogP) is 6.10. The van der Waals surface area contributed by atoms with Crippen molar-refractivity contribution in [3.63, 3.8) is 0 Å². The maximum atomic E-state index is 14.9. The van der Waals surface area contributed by atoms with Crippen molar-refractivity contribution >= 4 is 22.6 Å². The summed E-state index contributed by atoms with van der Waals surface area (Å²) < 4.78 is 37.2. The zero-order chi connectivity index (χ0) is 23.4. The monoisotopic (exact) mass is 481 g/mol. The van der Waals surface area contributed by atoms with E-state index in [0.29, 0.717) is 41.6 Å². The van der Waals surface area contributed by atoms with Crippen LogP contribution in [-0.4, -0.2) is 31.3 Å². The Bertz CT molecular complexity index is 1400. The zero-order valence-electron chi connectivity index (χ0n) is 18.5. The highest BCUT2D eigenvalue weighted by atomic mass is 35.5. The molecule has 0 radical (unpaired) electrons. The Hall–Kier alpha value is -2.97. The van der Waals surface area contributed by atoms with Crippen molar-refractivity contribution in [2.75, 3.05) is 6.61 Å². The molecule has 1 aromatic carbocycles. The van der Waals surface area contributed by atoms with Gasteiger partial charge in [-0.15, -0.1) is 0 Å². The Morgan fingerprint density at radius 3 is 2.74 bits per heavy atom. The van der Waals surface area contributed by atoms with E-state index in [2.05, 4.69) is 16.3 Å². The maximum absolute atomic E-state index is 14.9. The van der Waals surface area contributed by atoms with Crippen molar-refractivity contribution in [2.45, 2.75) is 50.7 Å². The number of fused-ring (bicyclic) bond motifs is 1. The molecule has 0 unspecified atom stereocenters. The zero-order valence-corrected chi connectivity index (χ0v) is 19.3. The Morgan fingerprint density at radius 1 is 1.06 bits per heavy atom. The smallest absolute Gasteiger partial charge is 0.163 e. The van der Waals surface area contributed by atoms with Crippen LogP contribution in [0.5, 0.6) is 0 Å². The lowest BCUT2D eigenvalue weighted by molar-refractivity contribution is 0.00396. The second kappa shape index (κ2) is 8.36. The van der Waals surface area contributed by atoms with Crippen LogP contribution in [0.3, 0.4) is 0 Å². The van der Waals surface area contributed by atoms with Gasteiger partial charge in [-0.25, -0.2) is 23.7 Å². The van der Waals surface area contributed by atoms with E-state index in [1.165, 1.54) is 0 Å². The minimum absolute atomic E-state index is 0.0197. The number of hydrogen-bond donors (Lipinski definition) is 0. The third kappa shape index (κ3) is 3.95. The van der Waals surface area contributed by atoms with E-state index in [1.54, 1.807) is 12.1 Å². The fourth-order valence-corrected chi connectivity index (χ4v) is 4.69. The first-order chi connectivity index (χ1) is 16.5. The average molecular weight is 482 g/mol. The molecule has 2 atom stereocenters. The Labute approximate surface area is 200 Å². The number of nitrogens with zero attached hydrogens (tertiary/aromatic N) is 5. The second-order valence-corrected chi connectivity index (χ2v) is 9.47. The van der Waals surface area contributed by atoms with Crippen LogP contribution >= 0.6 is 11.6 Å². The van der Waals surface area contributed by atoms with Crippen LogP contribution in [0.1, 0.15) is 60.8 Å². The molecule has 9 heteroatoms. The quantitative estimate of drug-likeness (QED) is 0.329. The van der Waals surface area contributed by atoms with E-state index in [4.69, 9.17) is 26.3 Å². The lowest BCUT2D eigenvalue weighted by atomic mass is 9.92. The van der Waals surface area contributed by atoms with Gasteiger partial charge in [-0.3, -0.25) is 4.68 Å². The van der Waals surface area contributed by atoms with Gasteiger partial charge in [0.25, 0.3) is 0 Å². The first kappa shape index (κ1) is 21.6. The van der Waals surface area contributed by atoms with E-state index >= 15 is 0 Å². The standard InChI is InChI=1S/C25H22ClF2N5O/c1-13-2-5-17-23(18-9-21(28)19(26)10-20(18)27)31-24(32-25(17)30-13)14-6-7-34-22(8-14)15-11-29-33(12-15)16-3-4-16/h2,5,9-12,14,16,22H,3-4,6-8H2,1H3/t14-,22+/m1/s1. The van der Waals surface area contributed by atoms with Gasteiger partial charge in [0.2, 0.25) is 0 Å². The van der Waals surface area contributed by atoms with Crippen molar-refractivity contribution in [1.29, 1.82) is 0 Å². The fourth-order valence-electron chi connectivity index (χ4n) is 4.53. The normalized spacial score (nSPS) is 20.7. The molecule has 2 fully saturated rings. The lowest BCUT2D eigenvalue weighted by Crippen LogP contribution is -2.20. The van der Waals surface area contributed by atoms with Gasteiger partial charge in [0.15, 0.2) is 5.65 Å². The average Bonchev–Trinajstić information content (AvgIpc) is 3.57. The van der Waals surface area contributed by atoms with Gasteiger partial charge in [-0.05, 0) is 56.9 Å². The molecule has 0 amide bonds. The molecule has 3 aromatic heterocycles. The van der Waals surface area contributed by atoms with Gasteiger partial charge in [0, 0.05) is 40.9 Å². The molecule has 2 aliphatic rings. The Morgan fingerprint density at radius 2 is 1.91 bits per heavy atom. The summed E-state index contributed by atoms with van der Waals surface area (Å²) in [6.07, 6.45) is 7.54. The minimum Gasteiger partial charge on any atom is -0.373 e. The first-order valence-corrected chi connectivity index (χ1v) is 11.8. The van der Waals surface area contributed by atoms with Crippen LogP contribution in [-0.2, 0) is 4.74 Å². The highest BCUT2D eigenvalue weighted by molar-refractivity contribution is 6.30. The summed E-state index contributed by atoms with van der Waals surface area (Å²) in [5.74, 6) is -0.813. The molecule has 174 valence electrons. The van der Waals surface area contributed by atoms with E-state index in [1.807, 2.05) is 17.8 Å². The molecule has 6 nitrogen and oxygen atoms in total. The SMILES string of the molecule is Cc1ccc2c(-c3cc(F)c(Cl)cc3F)nc([C@@H]3CCO[C@H](c4cnn(C5CC5)c4)C3)nc2n1. The van der Waals surface area contributed by atoms with Crippen molar-refractivity contribution < 1.29 is 13.5 Å². The molecule has 1 aliphatic heterocycles. The molecule has 0 N–H and O–H groups in total. The van der Waals surface area contributed by atoms with Gasteiger partial charge in [-0.2, -0.15) is 5.10 Å². The van der Waals surface area contributed by atoms with Crippen molar-refractivity contribution in [3.05, 3.63) is 70.4 Å². The summed E-state index contributed by atoms with van der Waals surface area (Å²) in [5, 5.41) is 4.78. The molecule has 0 bridgehead atoms. The summed E-state index contributed by atoms with van der Waals surface area (Å²) in [7, 11) is 0. The van der Waals surface area contributed by atoms with Crippen molar-refractivity contribution in [3.8, 4) is 11.3 Å². The van der Waals surface area contributed by atoms with Crippen molar-refractivity contribution in [2.24, 2.45) is 0 Å². The summed E-state index contributed by atoms with van der Waals surface area (Å²) in [5.41, 5.74) is 2.63. The number of halogens is 3. The van der Waals surface area contributed by atoms with E-state index in [-0.39, 0.29) is 22.6 Å². The van der Waals surface area contributed by atoms with Crippen LogP contribution in [0.4, 0.5) is 8.78 Å². The Balaban J connectivity index is 1.41. The van der Waals surface area contributed by atoms with Gasteiger partial charge in [-0.1, -0.05) is 11.6 Å². The minimum atomic E-state index is -0.703. The van der Waals surface area contributed by atoms with Gasteiger partial charge >= 0.3 is 0 Å². The first-order valence-electron chi connectivity index (χ1n) is 11.4. The molecular formula is C25H22ClF2N5O. The highest BCUT2D eigenvalue weighted by Gasteiger charge is 2.31. The van der Waals surface area contributed by atoms with Crippen molar-refractivity contribution in [1.82, 2.24) is 24.7 Å². The van der Waals surface area contributed by atoms with Gasteiger partial charge < -0.3 is 4.74 Å². The number of ether oxygens (including phenoxy) is 1. The molecule has 1 saturated carbocycles. The number of benzene rings is 1. The molecule has 4 aromatic rings. The van der Waals surface area contributed by atoms with Crippen LogP contribution in [0, 0.1) is 18.6 Å². The van der Waals surface area contributed by atoms with Gasteiger partial charge in [0.1, 0.15) is 17.5 Å². The topological polar surface area (TPSA) is 65.7 Å². The Kier molecular flexibility index (Phi) is 5.30. The number of hydrogen-bond acceptors (Lipinski definition) is 5. The number of aryl methyl sites for hydroxylation is 1. The molecular weight excluding hydrogens is 460 g/mol. The molecule has 0 spiro atoms. The molecule has 4 heterocycles. The molecule has 6 rings (SSSR count). The number of pyridine rings is 1. The number of aromatic nitrogens is 5. The third-order valence-corrected chi connectivity index (χ3v) is 6.83. The van der Waals surface area contributed by atoms with E-state index in [9.17, 15) is 8.78 Å². The van der Waals surface area contributed by atoms with Crippen LogP contribution < -0.4 is 0 Å². The van der Waals surface area contributed by atoms with Crippen LogP contribution in [0.2, 0.25) is 5.02 Å². The molecule has 1 aliphatic carbocycles. The maximum Gasteiger partial charge on any atom is 0.163 e. The summed E-state index contributed by atoms with van der Waals surface area (Å²) in [6.45, 7) is 2.41. The predicted molar refractivity (Wildman–Crippen MR) is 124 cm³/mol. The largest absolute Gasteiger partial charge is 0.373 e. The van der Waals surface area contributed by atoms with Crippen LogP contribution in [0.15, 0.2) is 36.7 Å². The molecule has 1 saturated heterocycles. The van der Waals surface area contributed by atoms with Crippen LogP contribution in [0.25, 0.3) is 22.3 Å². The summed E-state index contributed by atoms with van der Waals surface area (Å²) in [6, 6.07) is 6.16. The lowest BCUT2D eigenvalue weighted by Gasteiger charge is -2.28. The van der Waals surface area contributed by atoms with Gasteiger partial charge in [0.05, 0.1) is 29.1 Å². The highest BCUT2D eigenvalue weighted by Crippen LogP contribution is 2.40. The third-order valence-electron chi connectivity index (χ3n) is 6.54. The summed E-state index contributed by atoms with van der Waals surface area (Å²) >= 11 is 5.78. The van der Waals surface area contributed by atoms with E-state index < -0.39 is 11.6 Å². The fraction of sp³-hybridized carbons (Fsp3) is 0.360. The van der Waals surface area contributed by atoms with E-state index in [0.717, 1.165) is 42.7 Å². The molecule has 34 heavy (non-hydrogen) atoms. The number of rotatable bonds is 4. The summed E-state index contributed by atoms with van der Waals surface area (Å²) in [4.78, 5) is 14.1. The second-order valence-electron chi connectivity index (χ2n) is 9.07.